The van der Waals surface area contributed by atoms with Crippen LogP contribution in [-0.4, -0.2) is 29.3 Å². The summed E-state index contributed by atoms with van der Waals surface area (Å²) >= 11 is 1.62. The summed E-state index contributed by atoms with van der Waals surface area (Å²) in [6, 6.07) is 3.29. The minimum atomic E-state index is -0.122. The number of hydrogen-bond acceptors (Lipinski definition) is 6. The van der Waals surface area contributed by atoms with Gasteiger partial charge in [-0.2, -0.15) is 0 Å². The van der Waals surface area contributed by atoms with E-state index in [0.29, 0.717) is 17.3 Å². The van der Waals surface area contributed by atoms with Gasteiger partial charge in [0, 0.05) is 10.4 Å². The van der Waals surface area contributed by atoms with Crippen LogP contribution in [0.3, 0.4) is 0 Å². The van der Waals surface area contributed by atoms with E-state index in [1.807, 2.05) is 0 Å². The molecule has 1 unspecified atom stereocenters. The summed E-state index contributed by atoms with van der Waals surface area (Å²) in [6.45, 7) is 6.85. The minimum absolute atomic E-state index is 0.0815. The van der Waals surface area contributed by atoms with Gasteiger partial charge < -0.3 is 19.6 Å². The number of phenolic OH excluding ortho intramolecular Hbond substituents is 1. The fourth-order valence-electron chi connectivity index (χ4n) is 4.09. The molecule has 154 valence electrons. The summed E-state index contributed by atoms with van der Waals surface area (Å²) in [5.74, 6) is 1.49. The lowest BCUT2D eigenvalue weighted by molar-refractivity contribution is 0.218. The number of phenols is 1. The van der Waals surface area contributed by atoms with Crippen molar-refractivity contribution in [3.8, 4) is 28.6 Å². The zero-order chi connectivity index (χ0) is 20.9. The number of rotatable bonds is 3. The van der Waals surface area contributed by atoms with E-state index in [2.05, 4.69) is 25.8 Å². The summed E-state index contributed by atoms with van der Waals surface area (Å²) in [6.07, 6.45) is 3.01. The molecule has 6 nitrogen and oxygen atoms in total. The monoisotopic (exact) mass is 414 g/mol. The predicted octanol–water partition coefficient (Wildman–Crippen LogP) is 4.53. The molecule has 1 aliphatic carbocycles. The van der Waals surface area contributed by atoms with Crippen LogP contribution in [0.4, 0.5) is 0 Å². The first-order valence-corrected chi connectivity index (χ1v) is 10.5. The molecule has 2 heterocycles. The van der Waals surface area contributed by atoms with Gasteiger partial charge in [0.05, 0.1) is 19.6 Å². The molecule has 4 rings (SSSR count). The molecule has 0 amide bonds. The number of methoxy groups -OCH3 is 2. The third-order valence-corrected chi connectivity index (χ3v) is 7.05. The molecule has 0 radical (unpaired) electrons. The third-order valence-electron chi connectivity index (χ3n) is 5.90. The number of fused-ring (bicyclic) bond motifs is 3. The van der Waals surface area contributed by atoms with E-state index in [4.69, 9.17) is 14.5 Å². The van der Waals surface area contributed by atoms with E-state index in [9.17, 15) is 9.90 Å². The van der Waals surface area contributed by atoms with Crippen LogP contribution in [0, 0.1) is 11.3 Å². The second kappa shape index (κ2) is 7.06. The van der Waals surface area contributed by atoms with Gasteiger partial charge in [-0.25, -0.2) is 4.98 Å². The van der Waals surface area contributed by atoms with E-state index in [1.165, 1.54) is 19.1 Å². The van der Waals surface area contributed by atoms with Crippen LogP contribution in [0.1, 0.15) is 37.6 Å². The van der Waals surface area contributed by atoms with Gasteiger partial charge in [-0.05, 0) is 48.3 Å². The Bertz CT molecular complexity index is 1120. The van der Waals surface area contributed by atoms with Crippen molar-refractivity contribution >= 4 is 21.6 Å². The van der Waals surface area contributed by atoms with Gasteiger partial charge in [-0.15, -0.1) is 11.3 Å². The van der Waals surface area contributed by atoms with Crippen molar-refractivity contribution in [1.29, 1.82) is 0 Å². The fraction of sp³-hybridized carbons (Fsp3) is 0.455. The number of aromatic amines is 1. The van der Waals surface area contributed by atoms with Crippen molar-refractivity contribution in [3.63, 3.8) is 0 Å². The summed E-state index contributed by atoms with van der Waals surface area (Å²) in [4.78, 5) is 22.7. The molecule has 0 fully saturated rings. The molecule has 1 aliphatic rings. The maximum Gasteiger partial charge on any atom is 0.260 e. The van der Waals surface area contributed by atoms with Crippen molar-refractivity contribution in [2.24, 2.45) is 11.3 Å². The Morgan fingerprint density at radius 2 is 1.86 bits per heavy atom. The zero-order valence-corrected chi connectivity index (χ0v) is 18.2. The van der Waals surface area contributed by atoms with Gasteiger partial charge in [0.1, 0.15) is 10.7 Å². The molecule has 0 bridgehead atoms. The van der Waals surface area contributed by atoms with Gasteiger partial charge >= 0.3 is 0 Å². The molecule has 29 heavy (non-hydrogen) atoms. The topological polar surface area (TPSA) is 84.4 Å². The summed E-state index contributed by atoms with van der Waals surface area (Å²) in [5, 5.41) is 10.9. The van der Waals surface area contributed by atoms with Crippen LogP contribution in [0.5, 0.6) is 17.2 Å². The standard InChI is InChI=1S/C22H26N2O4S/c1-22(2,3)12-6-7-13-16(10-12)29-21-17(13)20(26)23-19(24-21)11-8-14(27-4)18(25)15(9-11)28-5/h8-9,12,25H,6-7,10H2,1-5H3,(H,23,24,26). The number of nitrogens with zero attached hydrogens (tertiary/aromatic N) is 1. The van der Waals surface area contributed by atoms with Crippen molar-refractivity contribution in [1.82, 2.24) is 9.97 Å². The molecule has 0 saturated heterocycles. The van der Waals surface area contributed by atoms with E-state index >= 15 is 0 Å². The molecule has 1 aromatic carbocycles. The molecule has 2 N–H and O–H groups in total. The quantitative estimate of drug-likeness (QED) is 0.658. The number of aromatic nitrogens is 2. The van der Waals surface area contributed by atoms with Crippen LogP contribution in [0.25, 0.3) is 21.6 Å². The SMILES string of the molecule is COc1cc(-c2nc3sc4c(c3c(=O)[nH]2)CCC(C(C)(C)C)C4)cc(OC)c1O. The van der Waals surface area contributed by atoms with Crippen molar-refractivity contribution in [2.75, 3.05) is 14.2 Å². The van der Waals surface area contributed by atoms with Crippen LogP contribution in [0.2, 0.25) is 0 Å². The molecule has 2 aromatic heterocycles. The van der Waals surface area contributed by atoms with Gasteiger partial charge in [0.15, 0.2) is 11.5 Å². The van der Waals surface area contributed by atoms with Gasteiger partial charge in [-0.1, -0.05) is 20.8 Å². The molecule has 0 spiro atoms. The lowest BCUT2D eigenvalue weighted by atomic mass is 9.72. The summed E-state index contributed by atoms with van der Waals surface area (Å²) < 4.78 is 10.5. The van der Waals surface area contributed by atoms with Gasteiger partial charge in [0.2, 0.25) is 5.75 Å². The molecule has 7 heteroatoms. The van der Waals surface area contributed by atoms with E-state index < -0.39 is 0 Å². The van der Waals surface area contributed by atoms with E-state index in [0.717, 1.165) is 35.0 Å². The Morgan fingerprint density at radius 3 is 2.45 bits per heavy atom. The largest absolute Gasteiger partial charge is 0.502 e. The first-order valence-electron chi connectivity index (χ1n) is 9.72. The maximum atomic E-state index is 13.0. The molecule has 3 aromatic rings. The molecule has 1 atom stereocenters. The normalized spacial score (nSPS) is 16.7. The van der Waals surface area contributed by atoms with Crippen LogP contribution < -0.4 is 15.0 Å². The lowest BCUT2D eigenvalue weighted by Crippen LogP contribution is -2.26. The summed E-state index contributed by atoms with van der Waals surface area (Å²) in [5.41, 5.74) is 1.90. The Kier molecular flexibility index (Phi) is 4.81. The second-order valence-electron chi connectivity index (χ2n) is 8.63. The first kappa shape index (κ1) is 19.8. The van der Waals surface area contributed by atoms with Crippen LogP contribution in [-0.2, 0) is 12.8 Å². The number of aromatic hydroxyl groups is 1. The molecule has 0 saturated carbocycles. The zero-order valence-electron chi connectivity index (χ0n) is 17.4. The number of benzene rings is 1. The number of hydrogen-bond donors (Lipinski definition) is 2. The highest BCUT2D eigenvalue weighted by Crippen LogP contribution is 2.43. The predicted molar refractivity (Wildman–Crippen MR) is 115 cm³/mol. The van der Waals surface area contributed by atoms with Gasteiger partial charge in [-0.3, -0.25) is 4.79 Å². The smallest absolute Gasteiger partial charge is 0.260 e. The molecular weight excluding hydrogens is 388 g/mol. The number of aryl methyl sites for hydroxylation is 1. The van der Waals surface area contributed by atoms with Gasteiger partial charge in [0.25, 0.3) is 5.56 Å². The number of thiophene rings is 1. The maximum absolute atomic E-state index is 13.0. The average molecular weight is 415 g/mol. The first-order chi connectivity index (χ1) is 13.7. The van der Waals surface area contributed by atoms with Crippen molar-refractivity contribution in [3.05, 3.63) is 32.9 Å². The summed E-state index contributed by atoms with van der Waals surface area (Å²) in [7, 11) is 2.94. The van der Waals surface area contributed by atoms with Crippen LogP contribution >= 0.6 is 11.3 Å². The van der Waals surface area contributed by atoms with Crippen molar-refractivity contribution in [2.45, 2.75) is 40.0 Å². The number of nitrogens with one attached hydrogen (secondary N) is 1. The Morgan fingerprint density at radius 1 is 1.21 bits per heavy atom. The highest BCUT2D eigenvalue weighted by molar-refractivity contribution is 7.18. The number of ether oxygens (including phenoxy) is 2. The molecular formula is C22H26N2O4S. The third kappa shape index (κ3) is 3.37. The Balaban J connectivity index is 1.83. The fourth-order valence-corrected chi connectivity index (χ4v) is 5.39. The van der Waals surface area contributed by atoms with E-state index in [1.54, 1.807) is 23.5 Å². The van der Waals surface area contributed by atoms with Crippen molar-refractivity contribution < 1.29 is 14.6 Å². The lowest BCUT2D eigenvalue weighted by Gasteiger charge is -2.33. The minimum Gasteiger partial charge on any atom is -0.502 e. The number of H-pyrrole nitrogens is 1. The van der Waals surface area contributed by atoms with Crippen LogP contribution in [0.15, 0.2) is 16.9 Å². The Hall–Kier alpha value is -2.54. The Labute approximate surface area is 173 Å². The highest BCUT2D eigenvalue weighted by Gasteiger charge is 2.31. The molecule has 0 aliphatic heterocycles. The van der Waals surface area contributed by atoms with E-state index in [-0.39, 0.29) is 28.2 Å². The average Bonchev–Trinajstić information content (AvgIpc) is 3.05. The second-order valence-corrected chi connectivity index (χ2v) is 9.72. The highest BCUT2D eigenvalue weighted by atomic mass is 32.1.